The SMILES string of the molecule is CC1(C)OB(c2ccc3sc4cc5cc6c(cc5cc4c3c2)c2cccc3c4ccccc4n6c32)OC1(C)C. The third-order valence-electron chi connectivity index (χ3n) is 9.32. The Morgan fingerprint density at radius 2 is 1.26 bits per heavy atom. The number of hydrogen-bond acceptors (Lipinski definition) is 3. The second kappa shape index (κ2) is 7.11. The van der Waals surface area contributed by atoms with Gasteiger partial charge in [0.05, 0.1) is 27.8 Å². The molecule has 1 aliphatic heterocycles. The Hall–Kier alpha value is -3.64. The maximum Gasteiger partial charge on any atom is 0.494 e. The second-order valence-corrected chi connectivity index (χ2v) is 13.1. The molecule has 0 amide bonds. The van der Waals surface area contributed by atoms with Crippen LogP contribution in [0.2, 0.25) is 0 Å². The van der Waals surface area contributed by atoms with Crippen molar-refractivity contribution in [2.24, 2.45) is 0 Å². The van der Waals surface area contributed by atoms with Crippen molar-refractivity contribution in [3.05, 3.63) is 84.9 Å². The lowest BCUT2D eigenvalue weighted by Gasteiger charge is -2.32. The summed E-state index contributed by atoms with van der Waals surface area (Å²) in [7, 11) is -0.358. The normalized spacial score (nSPS) is 17.4. The molecule has 3 nitrogen and oxygen atoms in total. The van der Waals surface area contributed by atoms with Gasteiger partial charge in [0.15, 0.2) is 0 Å². The molecule has 1 aliphatic rings. The number of para-hydroxylation sites is 2. The predicted molar refractivity (Wildman–Crippen MR) is 167 cm³/mol. The number of benzene rings is 5. The smallest absolute Gasteiger partial charge is 0.399 e. The molecule has 4 heterocycles. The van der Waals surface area contributed by atoms with Gasteiger partial charge in [-0.15, -0.1) is 11.3 Å². The van der Waals surface area contributed by atoms with Crippen LogP contribution in [0, 0.1) is 0 Å². The van der Waals surface area contributed by atoms with E-state index in [1.54, 1.807) is 0 Å². The zero-order valence-electron chi connectivity index (χ0n) is 22.3. The monoisotopic (exact) mass is 523 g/mol. The van der Waals surface area contributed by atoms with Crippen LogP contribution in [-0.2, 0) is 9.31 Å². The molecular formula is C34H26BNO2S. The van der Waals surface area contributed by atoms with Crippen molar-refractivity contribution >= 4 is 93.0 Å². The molecule has 5 aromatic carbocycles. The highest BCUT2D eigenvalue weighted by molar-refractivity contribution is 7.25. The van der Waals surface area contributed by atoms with E-state index in [1.165, 1.54) is 69.0 Å². The Morgan fingerprint density at radius 3 is 2.08 bits per heavy atom. The fraction of sp³-hybridized carbons (Fsp3) is 0.176. The van der Waals surface area contributed by atoms with Crippen LogP contribution in [0.4, 0.5) is 0 Å². The zero-order valence-corrected chi connectivity index (χ0v) is 23.1. The van der Waals surface area contributed by atoms with E-state index < -0.39 is 0 Å². The van der Waals surface area contributed by atoms with Crippen LogP contribution in [0.25, 0.3) is 69.0 Å². The molecule has 3 aromatic heterocycles. The molecule has 1 saturated heterocycles. The Kier molecular flexibility index (Phi) is 4.05. The molecule has 8 aromatic rings. The number of nitrogens with zero attached hydrogens (tertiary/aromatic N) is 1. The van der Waals surface area contributed by atoms with Crippen molar-refractivity contribution in [1.29, 1.82) is 0 Å². The van der Waals surface area contributed by atoms with E-state index in [-0.39, 0.29) is 18.3 Å². The maximum atomic E-state index is 6.37. The van der Waals surface area contributed by atoms with E-state index >= 15 is 0 Å². The van der Waals surface area contributed by atoms with E-state index in [9.17, 15) is 0 Å². The summed E-state index contributed by atoms with van der Waals surface area (Å²) in [5.41, 5.74) is 4.24. The first-order chi connectivity index (χ1) is 18.8. The van der Waals surface area contributed by atoms with Crippen LogP contribution in [0.3, 0.4) is 0 Å². The van der Waals surface area contributed by atoms with Crippen molar-refractivity contribution in [3.8, 4) is 0 Å². The van der Waals surface area contributed by atoms with Gasteiger partial charge in [0.25, 0.3) is 0 Å². The predicted octanol–water partition coefficient (Wildman–Crippen LogP) is 8.66. The first kappa shape index (κ1) is 22.2. The van der Waals surface area contributed by atoms with Gasteiger partial charge < -0.3 is 13.7 Å². The van der Waals surface area contributed by atoms with Gasteiger partial charge in [-0.25, -0.2) is 0 Å². The summed E-state index contributed by atoms with van der Waals surface area (Å²) in [4.78, 5) is 0. The minimum atomic E-state index is -0.358. The van der Waals surface area contributed by atoms with E-state index in [1.807, 2.05) is 11.3 Å². The van der Waals surface area contributed by atoms with Gasteiger partial charge in [0, 0.05) is 36.3 Å². The number of rotatable bonds is 1. The third-order valence-corrected chi connectivity index (χ3v) is 10.5. The summed E-state index contributed by atoms with van der Waals surface area (Å²) in [5.74, 6) is 0. The molecule has 0 unspecified atom stereocenters. The summed E-state index contributed by atoms with van der Waals surface area (Å²) in [6, 6.07) is 31.7. The van der Waals surface area contributed by atoms with Crippen LogP contribution in [0.1, 0.15) is 27.7 Å². The molecule has 39 heavy (non-hydrogen) atoms. The van der Waals surface area contributed by atoms with E-state index in [2.05, 4.69) is 117 Å². The molecule has 0 atom stereocenters. The Morgan fingerprint density at radius 1 is 0.590 bits per heavy atom. The molecule has 9 rings (SSSR count). The molecule has 0 spiro atoms. The molecule has 5 heteroatoms. The fourth-order valence-electron chi connectivity index (χ4n) is 6.59. The summed E-state index contributed by atoms with van der Waals surface area (Å²) in [5, 5.41) is 10.4. The van der Waals surface area contributed by atoms with Gasteiger partial charge >= 0.3 is 7.12 Å². The van der Waals surface area contributed by atoms with Crippen molar-refractivity contribution in [2.75, 3.05) is 0 Å². The number of fused-ring (bicyclic) bond motifs is 10. The average molecular weight is 523 g/mol. The quantitative estimate of drug-likeness (QED) is 0.201. The number of aromatic nitrogens is 1. The topological polar surface area (TPSA) is 22.9 Å². The minimum absolute atomic E-state index is 0.354. The first-order valence-electron chi connectivity index (χ1n) is 13.6. The average Bonchev–Trinajstić information content (AvgIpc) is 3.61. The maximum absolute atomic E-state index is 6.37. The van der Waals surface area contributed by atoms with Crippen LogP contribution in [-0.4, -0.2) is 22.7 Å². The molecule has 0 bridgehead atoms. The highest BCUT2D eigenvalue weighted by Gasteiger charge is 2.51. The standard InChI is InChI=1S/C34H26BNO2S/c1-33(2)34(3,4)38-35(37-33)21-12-13-30-27(18-21)26-15-19-14-25-24-10-7-9-23-22-8-5-6-11-28(22)36(32(23)24)29(25)16-20(19)17-31(26)39-30/h5-18H,1-4H3. The molecule has 0 aliphatic carbocycles. The Bertz CT molecular complexity index is 2290. The van der Waals surface area contributed by atoms with Gasteiger partial charge in [-0.2, -0.15) is 0 Å². The number of hydrogen-bond donors (Lipinski definition) is 0. The molecule has 188 valence electrons. The van der Waals surface area contributed by atoms with Crippen molar-refractivity contribution < 1.29 is 9.31 Å². The molecule has 0 radical (unpaired) electrons. The lowest BCUT2D eigenvalue weighted by atomic mass is 9.78. The summed E-state index contributed by atoms with van der Waals surface area (Å²) in [6.45, 7) is 8.43. The van der Waals surface area contributed by atoms with Crippen LogP contribution in [0.15, 0.2) is 84.9 Å². The fourth-order valence-corrected chi connectivity index (χ4v) is 7.71. The zero-order chi connectivity index (χ0) is 26.3. The molecule has 0 saturated carbocycles. The van der Waals surface area contributed by atoms with Gasteiger partial charge in [0.1, 0.15) is 0 Å². The van der Waals surface area contributed by atoms with Crippen LogP contribution in [0.5, 0.6) is 0 Å². The summed E-state index contributed by atoms with van der Waals surface area (Å²) >= 11 is 1.86. The summed E-state index contributed by atoms with van der Waals surface area (Å²) in [6.07, 6.45) is 0. The third kappa shape index (κ3) is 2.80. The van der Waals surface area contributed by atoms with Crippen molar-refractivity contribution in [3.63, 3.8) is 0 Å². The first-order valence-corrected chi connectivity index (χ1v) is 14.4. The van der Waals surface area contributed by atoms with Crippen molar-refractivity contribution in [1.82, 2.24) is 4.40 Å². The van der Waals surface area contributed by atoms with Gasteiger partial charge in [-0.3, -0.25) is 0 Å². The Balaban J connectivity index is 1.29. The highest BCUT2D eigenvalue weighted by atomic mass is 32.1. The van der Waals surface area contributed by atoms with Crippen LogP contribution >= 0.6 is 11.3 Å². The van der Waals surface area contributed by atoms with Crippen LogP contribution < -0.4 is 5.46 Å². The van der Waals surface area contributed by atoms with Gasteiger partial charge in [-0.05, 0) is 85.7 Å². The lowest BCUT2D eigenvalue weighted by molar-refractivity contribution is 0.00578. The highest BCUT2D eigenvalue weighted by Crippen LogP contribution is 2.43. The van der Waals surface area contributed by atoms with Gasteiger partial charge in [-0.1, -0.05) is 48.5 Å². The molecule has 0 N–H and O–H groups in total. The largest absolute Gasteiger partial charge is 0.494 e. The minimum Gasteiger partial charge on any atom is -0.399 e. The van der Waals surface area contributed by atoms with E-state index in [4.69, 9.17) is 9.31 Å². The molecule has 1 fully saturated rings. The van der Waals surface area contributed by atoms with E-state index in [0.717, 1.165) is 5.46 Å². The Labute approximate surface area is 230 Å². The van der Waals surface area contributed by atoms with Gasteiger partial charge in [0.2, 0.25) is 0 Å². The second-order valence-electron chi connectivity index (χ2n) is 12.1. The van der Waals surface area contributed by atoms with Crippen molar-refractivity contribution in [2.45, 2.75) is 38.9 Å². The summed E-state index contributed by atoms with van der Waals surface area (Å²) < 4.78 is 17.8. The lowest BCUT2D eigenvalue weighted by Crippen LogP contribution is -2.41. The molecular weight excluding hydrogens is 497 g/mol. The number of thiophene rings is 1. The van der Waals surface area contributed by atoms with E-state index in [0.29, 0.717) is 0 Å².